The van der Waals surface area contributed by atoms with Crippen molar-refractivity contribution in [3.8, 4) is 0 Å². The fourth-order valence-corrected chi connectivity index (χ4v) is 2.86. The Morgan fingerprint density at radius 1 is 1.29 bits per heavy atom. The van der Waals surface area contributed by atoms with E-state index < -0.39 is 4.92 Å². The molecule has 1 aliphatic rings. The van der Waals surface area contributed by atoms with Crippen LogP contribution in [-0.2, 0) is 0 Å². The first-order valence-corrected chi connectivity index (χ1v) is 7.34. The van der Waals surface area contributed by atoms with E-state index in [4.69, 9.17) is 0 Å². The number of hydrogen-bond acceptors (Lipinski definition) is 4. The van der Waals surface area contributed by atoms with Gasteiger partial charge in [-0.1, -0.05) is 13.8 Å². The summed E-state index contributed by atoms with van der Waals surface area (Å²) in [5, 5.41) is 10.9. The number of ketones is 1. The highest BCUT2D eigenvalue weighted by atomic mass is 16.6. The van der Waals surface area contributed by atoms with Crippen LogP contribution in [0.15, 0.2) is 18.2 Å². The van der Waals surface area contributed by atoms with Crippen molar-refractivity contribution in [1.82, 2.24) is 0 Å². The lowest BCUT2D eigenvalue weighted by molar-refractivity contribution is -0.384. The summed E-state index contributed by atoms with van der Waals surface area (Å²) < 4.78 is 0. The van der Waals surface area contributed by atoms with Crippen LogP contribution in [-0.4, -0.2) is 23.8 Å². The Hall–Kier alpha value is -1.91. The molecule has 0 amide bonds. The molecule has 1 fully saturated rings. The first-order chi connectivity index (χ1) is 9.80. The highest BCUT2D eigenvalue weighted by molar-refractivity contribution is 6.00. The number of carbonyl (C=O) groups excluding carboxylic acids is 1. The molecule has 0 atom stereocenters. The van der Waals surface area contributed by atoms with E-state index in [2.05, 4.69) is 18.7 Å². The quantitative estimate of drug-likeness (QED) is 0.482. The Bertz CT molecular complexity index is 567. The second-order valence-electron chi connectivity index (χ2n) is 6.52. The minimum atomic E-state index is -0.457. The maximum Gasteiger partial charge on any atom is 0.270 e. The first kappa shape index (κ1) is 15.5. The Kier molecular flexibility index (Phi) is 4.30. The Labute approximate surface area is 125 Å². The molecule has 5 nitrogen and oxygen atoms in total. The third-order valence-electron chi connectivity index (χ3n) is 4.25. The zero-order chi connectivity index (χ0) is 15.6. The molecule has 114 valence electrons. The molecule has 0 radical (unpaired) electrons. The molecule has 0 spiro atoms. The molecule has 1 heterocycles. The SMILES string of the molecule is CC(=O)c1cc([N+](=O)[O-])ccc1N1CCCC(C)(C)CC1. The van der Waals surface area contributed by atoms with Crippen molar-refractivity contribution in [2.45, 2.75) is 40.0 Å². The lowest BCUT2D eigenvalue weighted by atomic mass is 9.85. The van der Waals surface area contributed by atoms with Crippen LogP contribution in [0.25, 0.3) is 0 Å². The van der Waals surface area contributed by atoms with Gasteiger partial charge in [-0.3, -0.25) is 14.9 Å². The van der Waals surface area contributed by atoms with Gasteiger partial charge >= 0.3 is 0 Å². The second kappa shape index (κ2) is 5.84. The smallest absolute Gasteiger partial charge is 0.270 e. The molecule has 0 saturated carbocycles. The topological polar surface area (TPSA) is 63.4 Å². The number of nitrogens with zero attached hydrogens (tertiary/aromatic N) is 2. The Morgan fingerprint density at radius 3 is 2.62 bits per heavy atom. The molecular formula is C16H22N2O3. The standard InChI is InChI=1S/C16H22N2O3/c1-12(19)14-11-13(18(20)21)5-6-15(14)17-9-4-7-16(2,3)8-10-17/h5-6,11H,4,7-10H2,1-3H3. The molecule has 1 aromatic carbocycles. The van der Waals surface area contributed by atoms with Gasteiger partial charge in [-0.05, 0) is 37.7 Å². The van der Waals surface area contributed by atoms with E-state index in [1.807, 2.05) is 0 Å². The summed E-state index contributed by atoms with van der Waals surface area (Å²) in [7, 11) is 0. The largest absolute Gasteiger partial charge is 0.371 e. The minimum Gasteiger partial charge on any atom is -0.371 e. The lowest BCUT2D eigenvalue weighted by Crippen LogP contribution is -2.26. The molecule has 1 aliphatic heterocycles. The minimum absolute atomic E-state index is 0.0286. The van der Waals surface area contributed by atoms with E-state index in [1.165, 1.54) is 19.1 Å². The van der Waals surface area contributed by atoms with E-state index in [9.17, 15) is 14.9 Å². The van der Waals surface area contributed by atoms with Gasteiger partial charge in [-0.25, -0.2) is 0 Å². The van der Waals surface area contributed by atoms with Crippen molar-refractivity contribution in [2.75, 3.05) is 18.0 Å². The van der Waals surface area contributed by atoms with Crippen LogP contribution in [0.2, 0.25) is 0 Å². The molecule has 0 N–H and O–H groups in total. The van der Waals surface area contributed by atoms with E-state index in [0.717, 1.165) is 38.0 Å². The molecule has 0 aliphatic carbocycles. The van der Waals surface area contributed by atoms with Gasteiger partial charge < -0.3 is 4.90 Å². The summed E-state index contributed by atoms with van der Waals surface area (Å²) in [5.41, 5.74) is 1.56. The number of rotatable bonds is 3. The van der Waals surface area contributed by atoms with Crippen LogP contribution in [0.1, 0.15) is 50.4 Å². The molecule has 0 bridgehead atoms. The van der Waals surface area contributed by atoms with Crippen LogP contribution in [0.4, 0.5) is 11.4 Å². The highest BCUT2D eigenvalue weighted by Crippen LogP contribution is 2.33. The highest BCUT2D eigenvalue weighted by Gasteiger charge is 2.25. The summed E-state index contributed by atoms with van der Waals surface area (Å²) in [4.78, 5) is 24.5. The summed E-state index contributed by atoms with van der Waals surface area (Å²) >= 11 is 0. The maximum absolute atomic E-state index is 11.8. The molecular weight excluding hydrogens is 268 g/mol. The van der Waals surface area contributed by atoms with Gasteiger partial charge in [0, 0.05) is 36.5 Å². The monoisotopic (exact) mass is 290 g/mol. The molecule has 21 heavy (non-hydrogen) atoms. The number of nitro benzene ring substituents is 1. The number of carbonyl (C=O) groups is 1. The van der Waals surface area contributed by atoms with Crippen LogP contribution in [0.3, 0.4) is 0 Å². The number of Topliss-reactive ketones (excluding diaryl/α,β-unsaturated/α-hetero) is 1. The van der Waals surface area contributed by atoms with Crippen LogP contribution < -0.4 is 4.90 Å². The molecule has 0 unspecified atom stereocenters. The molecule has 1 aromatic rings. The second-order valence-corrected chi connectivity index (χ2v) is 6.52. The molecule has 5 heteroatoms. The molecule has 0 aromatic heterocycles. The van der Waals surface area contributed by atoms with Crippen LogP contribution >= 0.6 is 0 Å². The zero-order valence-electron chi connectivity index (χ0n) is 12.9. The maximum atomic E-state index is 11.8. The number of non-ortho nitro benzene ring substituents is 1. The normalized spacial score (nSPS) is 18.1. The van der Waals surface area contributed by atoms with E-state index >= 15 is 0 Å². The van der Waals surface area contributed by atoms with E-state index in [0.29, 0.717) is 11.0 Å². The fourth-order valence-electron chi connectivity index (χ4n) is 2.86. The first-order valence-electron chi connectivity index (χ1n) is 7.34. The van der Waals surface area contributed by atoms with Gasteiger partial charge in [0.25, 0.3) is 5.69 Å². The van der Waals surface area contributed by atoms with Crippen LogP contribution in [0, 0.1) is 15.5 Å². The number of hydrogen-bond donors (Lipinski definition) is 0. The lowest BCUT2D eigenvalue weighted by Gasteiger charge is -2.26. The zero-order valence-corrected chi connectivity index (χ0v) is 12.9. The van der Waals surface area contributed by atoms with Crippen molar-refractivity contribution in [2.24, 2.45) is 5.41 Å². The Balaban J connectivity index is 2.34. The average molecular weight is 290 g/mol. The predicted molar refractivity (Wildman–Crippen MR) is 82.9 cm³/mol. The van der Waals surface area contributed by atoms with Crippen molar-refractivity contribution >= 4 is 17.2 Å². The third-order valence-corrected chi connectivity index (χ3v) is 4.25. The van der Waals surface area contributed by atoms with Gasteiger partial charge in [0.1, 0.15) is 0 Å². The van der Waals surface area contributed by atoms with Gasteiger partial charge in [0.15, 0.2) is 5.78 Å². The van der Waals surface area contributed by atoms with Gasteiger partial charge in [0.05, 0.1) is 4.92 Å². The fraction of sp³-hybridized carbons (Fsp3) is 0.562. The Morgan fingerprint density at radius 2 is 2.00 bits per heavy atom. The summed E-state index contributed by atoms with van der Waals surface area (Å²) in [6.45, 7) is 7.76. The number of anilines is 1. The molecule has 2 rings (SSSR count). The van der Waals surface area contributed by atoms with Crippen molar-refractivity contribution in [3.63, 3.8) is 0 Å². The van der Waals surface area contributed by atoms with Crippen molar-refractivity contribution < 1.29 is 9.72 Å². The van der Waals surface area contributed by atoms with Crippen LogP contribution in [0.5, 0.6) is 0 Å². The van der Waals surface area contributed by atoms with Gasteiger partial charge in [0.2, 0.25) is 0 Å². The van der Waals surface area contributed by atoms with E-state index in [-0.39, 0.29) is 11.5 Å². The average Bonchev–Trinajstić information content (AvgIpc) is 2.59. The van der Waals surface area contributed by atoms with Crippen molar-refractivity contribution in [1.29, 1.82) is 0 Å². The summed E-state index contributed by atoms with van der Waals surface area (Å²) in [6, 6.07) is 4.60. The van der Waals surface area contributed by atoms with Gasteiger partial charge in [-0.2, -0.15) is 0 Å². The summed E-state index contributed by atoms with van der Waals surface area (Å²) in [6.07, 6.45) is 3.29. The van der Waals surface area contributed by atoms with E-state index in [1.54, 1.807) is 6.07 Å². The summed E-state index contributed by atoms with van der Waals surface area (Å²) in [5.74, 6) is -0.128. The number of nitro groups is 1. The predicted octanol–water partition coefficient (Wildman–Crippen LogP) is 3.81. The van der Waals surface area contributed by atoms with Crippen molar-refractivity contribution in [3.05, 3.63) is 33.9 Å². The number of benzene rings is 1. The van der Waals surface area contributed by atoms with Gasteiger partial charge in [-0.15, -0.1) is 0 Å². The molecule has 1 saturated heterocycles. The third kappa shape index (κ3) is 3.60.